The molecule has 1 aliphatic rings. The lowest BCUT2D eigenvalue weighted by Crippen LogP contribution is -2.26. The molecule has 2 aromatic rings. The van der Waals surface area contributed by atoms with Crippen LogP contribution in [0.15, 0.2) is 45.7 Å². The van der Waals surface area contributed by atoms with Crippen LogP contribution in [0.1, 0.15) is 47.4 Å². The first kappa shape index (κ1) is 21.5. The molecule has 1 amide bonds. The number of carbonyl (C=O) groups is 1. The topological polar surface area (TPSA) is 116 Å². The summed E-state index contributed by atoms with van der Waals surface area (Å²) in [5, 5.41) is 11.6. The number of nitrogens with zero attached hydrogens (tertiary/aromatic N) is 4. The average molecular weight is 426 g/mol. The Morgan fingerprint density at radius 2 is 2.03 bits per heavy atom. The smallest absolute Gasteiger partial charge is 0.284 e. The van der Waals surface area contributed by atoms with Crippen molar-refractivity contribution in [1.82, 2.24) is 9.88 Å². The van der Waals surface area contributed by atoms with E-state index in [9.17, 15) is 13.2 Å². The van der Waals surface area contributed by atoms with Gasteiger partial charge in [-0.25, -0.2) is 4.98 Å². The molecule has 1 N–H and O–H groups in total. The van der Waals surface area contributed by atoms with Crippen LogP contribution in [0.5, 0.6) is 0 Å². The standard InChI is InChI=1S/C21H23N5O3S/c1-15-16(14-22)10-11-19(23-15)21(27)24-17-7-6-8-18(13-17)30(28,29)25-20-9-4-3-5-12-26(20)2/h6-8,10-11,13H,3-5,9,12H2,1-2H3,(H,24,27)/b25-20+. The predicted molar refractivity (Wildman–Crippen MR) is 114 cm³/mol. The normalized spacial score (nSPS) is 16.0. The lowest BCUT2D eigenvalue weighted by molar-refractivity contribution is 0.102. The molecule has 2 heterocycles. The molecule has 3 rings (SSSR count). The van der Waals surface area contributed by atoms with Gasteiger partial charge in [-0.05, 0) is 50.1 Å². The van der Waals surface area contributed by atoms with Crippen LogP contribution in [-0.2, 0) is 10.0 Å². The van der Waals surface area contributed by atoms with E-state index in [1.54, 1.807) is 19.1 Å². The zero-order chi connectivity index (χ0) is 21.7. The molecule has 1 saturated heterocycles. The first-order valence-corrected chi connectivity index (χ1v) is 11.1. The minimum Gasteiger partial charge on any atom is -0.362 e. The molecular formula is C21H23N5O3S. The summed E-state index contributed by atoms with van der Waals surface area (Å²) in [7, 11) is -2.05. The van der Waals surface area contributed by atoms with Gasteiger partial charge < -0.3 is 10.2 Å². The molecule has 0 saturated carbocycles. The molecule has 0 spiro atoms. The summed E-state index contributed by atoms with van der Waals surface area (Å²) < 4.78 is 29.7. The number of pyridine rings is 1. The van der Waals surface area contributed by atoms with Crippen molar-refractivity contribution < 1.29 is 13.2 Å². The van der Waals surface area contributed by atoms with Gasteiger partial charge in [0.25, 0.3) is 15.9 Å². The first-order valence-electron chi connectivity index (χ1n) is 9.64. The number of benzene rings is 1. The Bertz CT molecular complexity index is 1140. The summed E-state index contributed by atoms with van der Waals surface area (Å²) in [4.78, 5) is 18.5. The van der Waals surface area contributed by atoms with Gasteiger partial charge in [0.2, 0.25) is 0 Å². The fraction of sp³-hybridized carbons (Fsp3) is 0.333. The Morgan fingerprint density at radius 1 is 1.23 bits per heavy atom. The number of likely N-dealkylation sites (tertiary alicyclic amines) is 1. The molecule has 30 heavy (non-hydrogen) atoms. The Hall–Kier alpha value is -3.25. The Morgan fingerprint density at radius 3 is 2.77 bits per heavy atom. The summed E-state index contributed by atoms with van der Waals surface area (Å²) in [6.45, 7) is 2.42. The van der Waals surface area contributed by atoms with Gasteiger partial charge in [-0.1, -0.05) is 12.5 Å². The minimum absolute atomic E-state index is 0.00872. The van der Waals surface area contributed by atoms with E-state index >= 15 is 0 Å². The van der Waals surface area contributed by atoms with Crippen molar-refractivity contribution in [1.29, 1.82) is 5.26 Å². The Kier molecular flexibility index (Phi) is 6.47. The number of sulfonamides is 1. The Labute approximate surface area is 176 Å². The zero-order valence-corrected chi connectivity index (χ0v) is 17.7. The highest BCUT2D eigenvalue weighted by atomic mass is 32.2. The third kappa shape index (κ3) is 5.02. The van der Waals surface area contributed by atoms with Gasteiger partial charge >= 0.3 is 0 Å². The van der Waals surface area contributed by atoms with Crippen molar-refractivity contribution in [3.05, 3.63) is 53.3 Å². The van der Waals surface area contributed by atoms with E-state index in [1.165, 1.54) is 24.3 Å². The minimum atomic E-state index is -3.90. The van der Waals surface area contributed by atoms with Gasteiger partial charge in [0.15, 0.2) is 0 Å². The number of nitriles is 1. The van der Waals surface area contributed by atoms with Gasteiger partial charge in [-0.2, -0.15) is 13.7 Å². The molecule has 0 atom stereocenters. The van der Waals surface area contributed by atoms with E-state index < -0.39 is 15.9 Å². The summed E-state index contributed by atoms with van der Waals surface area (Å²) in [5.41, 5.74) is 1.30. The van der Waals surface area contributed by atoms with E-state index in [2.05, 4.69) is 14.7 Å². The number of nitrogens with one attached hydrogen (secondary N) is 1. The molecule has 0 bridgehead atoms. The van der Waals surface area contributed by atoms with E-state index in [0.29, 0.717) is 29.2 Å². The lowest BCUT2D eigenvalue weighted by Gasteiger charge is -2.17. The molecule has 8 nitrogen and oxygen atoms in total. The largest absolute Gasteiger partial charge is 0.362 e. The van der Waals surface area contributed by atoms with Crippen LogP contribution in [0.3, 0.4) is 0 Å². The van der Waals surface area contributed by atoms with Crippen LogP contribution in [0, 0.1) is 18.3 Å². The third-order valence-electron chi connectivity index (χ3n) is 4.89. The maximum Gasteiger partial charge on any atom is 0.284 e. The number of rotatable bonds is 4. The lowest BCUT2D eigenvalue weighted by atomic mass is 10.2. The number of hydrogen-bond donors (Lipinski definition) is 1. The van der Waals surface area contributed by atoms with Crippen LogP contribution < -0.4 is 5.32 Å². The highest BCUT2D eigenvalue weighted by Crippen LogP contribution is 2.20. The molecule has 156 valence electrons. The summed E-state index contributed by atoms with van der Waals surface area (Å²) in [6.07, 6.45) is 3.59. The summed E-state index contributed by atoms with van der Waals surface area (Å²) >= 11 is 0. The van der Waals surface area contributed by atoms with Crippen LogP contribution >= 0.6 is 0 Å². The number of aromatic nitrogens is 1. The molecule has 0 radical (unpaired) electrons. The second-order valence-electron chi connectivity index (χ2n) is 7.14. The maximum absolute atomic E-state index is 12.8. The van der Waals surface area contributed by atoms with E-state index in [0.717, 1.165) is 25.8 Å². The van der Waals surface area contributed by atoms with Gasteiger partial charge in [0.1, 0.15) is 17.6 Å². The second kappa shape index (κ2) is 9.05. The predicted octanol–water partition coefficient (Wildman–Crippen LogP) is 3.11. The fourth-order valence-corrected chi connectivity index (χ4v) is 4.31. The van der Waals surface area contributed by atoms with Crippen molar-refractivity contribution >= 4 is 27.5 Å². The molecule has 1 aromatic heterocycles. The van der Waals surface area contributed by atoms with Crippen LogP contribution in [0.2, 0.25) is 0 Å². The SMILES string of the molecule is Cc1nc(C(=O)Nc2cccc(S(=O)(=O)/N=C3\CCCCCN3C)c2)ccc1C#N. The molecular weight excluding hydrogens is 402 g/mol. The van der Waals surface area contributed by atoms with Crippen LogP contribution in [0.25, 0.3) is 0 Å². The quantitative estimate of drug-likeness (QED) is 0.805. The highest BCUT2D eigenvalue weighted by Gasteiger charge is 2.19. The molecule has 9 heteroatoms. The maximum atomic E-state index is 12.8. The van der Waals surface area contributed by atoms with Gasteiger partial charge in [-0.3, -0.25) is 4.79 Å². The average Bonchev–Trinajstić information content (AvgIpc) is 2.92. The van der Waals surface area contributed by atoms with Gasteiger partial charge in [-0.15, -0.1) is 4.40 Å². The number of anilines is 1. The molecule has 1 aromatic carbocycles. The van der Waals surface area contributed by atoms with E-state index in [1.807, 2.05) is 18.0 Å². The fourth-order valence-electron chi connectivity index (χ4n) is 3.17. The molecule has 0 aliphatic carbocycles. The zero-order valence-electron chi connectivity index (χ0n) is 16.9. The molecule has 1 aliphatic heterocycles. The number of amides is 1. The first-order chi connectivity index (χ1) is 14.3. The Balaban J connectivity index is 1.82. The van der Waals surface area contributed by atoms with Crippen LogP contribution in [-0.4, -0.2) is 43.6 Å². The number of carbonyl (C=O) groups excluding carboxylic acids is 1. The van der Waals surface area contributed by atoms with Crippen molar-refractivity contribution in [3.63, 3.8) is 0 Å². The van der Waals surface area contributed by atoms with Crippen molar-refractivity contribution in [2.24, 2.45) is 4.40 Å². The third-order valence-corrected chi connectivity index (χ3v) is 6.19. The number of amidine groups is 1. The van der Waals surface area contributed by atoms with Crippen molar-refractivity contribution in [2.45, 2.75) is 37.5 Å². The monoisotopic (exact) mass is 425 g/mol. The van der Waals surface area contributed by atoms with Crippen molar-refractivity contribution in [2.75, 3.05) is 18.9 Å². The van der Waals surface area contributed by atoms with E-state index in [-0.39, 0.29) is 10.6 Å². The molecule has 1 fully saturated rings. The summed E-state index contributed by atoms with van der Waals surface area (Å²) in [5.74, 6) is 0.0612. The second-order valence-corrected chi connectivity index (χ2v) is 8.74. The summed E-state index contributed by atoms with van der Waals surface area (Å²) in [6, 6.07) is 11.0. The number of aryl methyl sites for hydroxylation is 1. The molecule has 0 unspecified atom stereocenters. The van der Waals surface area contributed by atoms with Gasteiger partial charge in [0.05, 0.1) is 16.2 Å². The van der Waals surface area contributed by atoms with Crippen LogP contribution in [0.4, 0.5) is 5.69 Å². The highest BCUT2D eigenvalue weighted by molar-refractivity contribution is 7.90. The number of hydrogen-bond acceptors (Lipinski definition) is 5. The van der Waals surface area contributed by atoms with E-state index in [4.69, 9.17) is 5.26 Å². The van der Waals surface area contributed by atoms with Crippen molar-refractivity contribution in [3.8, 4) is 6.07 Å². The van der Waals surface area contributed by atoms with Gasteiger partial charge in [0, 0.05) is 25.7 Å².